The first-order valence-electron chi connectivity index (χ1n) is 6.48. The molecule has 1 aromatic carbocycles. The summed E-state index contributed by atoms with van der Waals surface area (Å²) in [6, 6.07) is 7.92. The highest BCUT2D eigenvalue weighted by molar-refractivity contribution is 5.87. The van der Waals surface area contributed by atoms with E-state index in [9.17, 15) is 4.79 Å². The number of rotatable bonds is 1. The lowest BCUT2D eigenvalue weighted by molar-refractivity contribution is -0.144. The summed E-state index contributed by atoms with van der Waals surface area (Å²) in [7, 11) is 1.43. The molecule has 4 nitrogen and oxygen atoms in total. The number of benzene rings is 1. The Kier molecular flexibility index (Phi) is 2.64. The number of aromatic nitrogens is 1. The van der Waals surface area contributed by atoms with Crippen LogP contribution in [0.15, 0.2) is 24.3 Å². The number of aromatic amines is 1. The lowest BCUT2D eigenvalue weighted by Gasteiger charge is -2.35. The summed E-state index contributed by atoms with van der Waals surface area (Å²) in [5.41, 5.74) is 3.22. The van der Waals surface area contributed by atoms with Gasteiger partial charge in [-0.2, -0.15) is 0 Å². The van der Waals surface area contributed by atoms with Crippen molar-refractivity contribution in [3.63, 3.8) is 0 Å². The minimum absolute atomic E-state index is 0.205. The van der Waals surface area contributed by atoms with Crippen LogP contribution in [0.4, 0.5) is 0 Å². The van der Waals surface area contributed by atoms with Gasteiger partial charge in [0, 0.05) is 23.0 Å². The molecular formula is C15H18N2O2. The molecule has 0 radical (unpaired) electrons. The van der Waals surface area contributed by atoms with E-state index in [0.29, 0.717) is 6.42 Å². The fourth-order valence-corrected chi connectivity index (χ4v) is 2.99. The number of H-pyrrole nitrogens is 1. The number of ether oxygens (including phenoxy) is 1. The summed E-state index contributed by atoms with van der Waals surface area (Å²) in [6.45, 7) is 4.16. The summed E-state index contributed by atoms with van der Waals surface area (Å²) in [4.78, 5) is 15.3. The van der Waals surface area contributed by atoms with E-state index in [1.54, 1.807) is 0 Å². The van der Waals surface area contributed by atoms with Crippen molar-refractivity contribution in [2.75, 3.05) is 7.11 Å². The zero-order chi connectivity index (χ0) is 13.6. The highest BCUT2D eigenvalue weighted by Crippen LogP contribution is 2.35. The van der Waals surface area contributed by atoms with E-state index >= 15 is 0 Å². The van der Waals surface area contributed by atoms with Crippen molar-refractivity contribution >= 4 is 16.9 Å². The molecule has 1 aliphatic heterocycles. The van der Waals surface area contributed by atoms with Gasteiger partial charge in [-0.1, -0.05) is 18.2 Å². The average molecular weight is 258 g/mol. The SMILES string of the molecule is COC(=O)[C@@H]1Cc2c([nH]c3ccccc23)C(C)(C)N1. The number of para-hydroxylation sites is 1. The first-order valence-corrected chi connectivity index (χ1v) is 6.48. The number of methoxy groups -OCH3 is 1. The molecule has 2 N–H and O–H groups in total. The standard InChI is InChI=1S/C15H18N2O2/c1-15(2)13-10(8-12(17-15)14(18)19-3)9-6-4-5-7-11(9)16-13/h4-7,12,16-17H,8H2,1-3H3/t12-/m0/s1. The molecular weight excluding hydrogens is 240 g/mol. The zero-order valence-corrected chi connectivity index (χ0v) is 11.4. The predicted octanol–water partition coefficient (Wildman–Crippen LogP) is 2.09. The van der Waals surface area contributed by atoms with Crippen molar-refractivity contribution < 1.29 is 9.53 Å². The molecule has 0 aliphatic carbocycles. The first kappa shape index (κ1) is 12.2. The van der Waals surface area contributed by atoms with Crippen molar-refractivity contribution in [3.8, 4) is 0 Å². The van der Waals surface area contributed by atoms with Crippen LogP contribution in [0.1, 0.15) is 25.1 Å². The number of esters is 1. The van der Waals surface area contributed by atoms with Gasteiger partial charge in [-0.3, -0.25) is 10.1 Å². The molecule has 2 aromatic rings. The smallest absolute Gasteiger partial charge is 0.323 e. The van der Waals surface area contributed by atoms with Crippen LogP contribution in [0.25, 0.3) is 10.9 Å². The topological polar surface area (TPSA) is 54.1 Å². The second-order valence-electron chi connectivity index (χ2n) is 5.57. The molecule has 3 rings (SSSR count). The molecule has 0 saturated heterocycles. The highest BCUT2D eigenvalue weighted by Gasteiger charge is 2.38. The third-order valence-corrected chi connectivity index (χ3v) is 3.87. The van der Waals surface area contributed by atoms with Gasteiger partial charge in [-0.25, -0.2) is 0 Å². The minimum atomic E-state index is -0.285. The number of nitrogens with one attached hydrogen (secondary N) is 2. The van der Waals surface area contributed by atoms with Gasteiger partial charge in [-0.15, -0.1) is 0 Å². The van der Waals surface area contributed by atoms with Crippen molar-refractivity contribution in [1.29, 1.82) is 0 Å². The molecule has 1 atom stereocenters. The van der Waals surface area contributed by atoms with Crippen molar-refractivity contribution in [1.82, 2.24) is 10.3 Å². The number of fused-ring (bicyclic) bond motifs is 3. The van der Waals surface area contributed by atoms with E-state index in [2.05, 4.69) is 36.3 Å². The van der Waals surface area contributed by atoms with E-state index in [4.69, 9.17) is 4.74 Å². The van der Waals surface area contributed by atoms with Gasteiger partial charge in [-0.05, 0) is 25.5 Å². The molecule has 0 saturated carbocycles. The lowest BCUT2D eigenvalue weighted by atomic mass is 9.86. The van der Waals surface area contributed by atoms with Crippen LogP contribution in [0.5, 0.6) is 0 Å². The molecule has 2 heterocycles. The van der Waals surface area contributed by atoms with Crippen molar-refractivity contribution in [2.24, 2.45) is 0 Å². The Morgan fingerprint density at radius 2 is 2.11 bits per heavy atom. The largest absolute Gasteiger partial charge is 0.468 e. The van der Waals surface area contributed by atoms with E-state index in [0.717, 1.165) is 11.2 Å². The third-order valence-electron chi connectivity index (χ3n) is 3.87. The Morgan fingerprint density at radius 3 is 2.84 bits per heavy atom. The van der Waals surface area contributed by atoms with Gasteiger partial charge < -0.3 is 9.72 Å². The van der Waals surface area contributed by atoms with E-state index in [1.165, 1.54) is 18.1 Å². The van der Waals surface area contributed by atoms with Crippen LogP contribution in [0.2, 0.25) is 0 Å². The van der Waals surface area contributed by atoms with E-state index < -0.39 is 0 Å². The fourth-order valence-electron chi connectivity index (χ4n) is 2.99. The van der Waals surface area contributed by atoms with Crippen LogP contribution in [0.3, 0.4) is 0 Å². The molecule has 0 bridgehead atoms. The molecule has 0 fully saturated rings. The third kappa shape index (κ3) is 1.83. The van der Waals surface area contributed by atoms with Crippen LogP contribution in [-0.2, 0) is 21.5 Å². The van der Waals surface area contributed by atoms with Crippen molar-refractivity contribution in [3.05, 3.63) is 35.5 Å². The monoisotopic (exact) mass is 258 g/mol. The van der Waals surface area contributed by atoms with Crippen LogP contribution >= 0.6 is 0 Å². The lowest BCUT2D eigenvalue weighted by Crippen LogP contribution is -2.53. The molecule has 0 unspecified atom stereocenters. The number of carbonyl (C=O) groups excluding carboxylic acids is 1. The Morgan fingerprint density at radius 1 is 1.37 bits per heavy atom. The molecule has 0 spiro atoms. The quantitative estimate of drug-likeness (QED) is 0.770. The maximum Gasteiger partial charge on any atom is 0.323 e. The Balaban J connectivity index is 2.15. The van der Waals surface area contributed by atoms with Gasteiger partial charge in [0.25, 0.3) is 0 Å². The average Bonchev–Trinajstić information content (AvgIpc) is 2.77. The van der Waals surface area contributed by atoms with Crippen LogP contribution in [0, 0.1) is 0 Å². The minimum Gasteiger partial charge on any atom is -0.468 e. The van der Waals surface area contributed by atoms with Crippen molar-refractivity contribution in [2.45, 2.75) is 31.8 Å². The predicted molar refractivity (Wildman–Crippen MR) is 74.0 cm³/mol. The van der Waals surface area contributed by atoms with Gasteiger partial charge in [0.05, 0.1) is 12.6 Å². The van der Waals surface area contributed by atoms with Crippen LogP contribution < -0.4 is 5.32 Å². The normalized spacial score (nSPS) is 21.1. The van der Waals surface area contributed by atoms with Gasteiger partial charge >= 0.3 is 5.97 Å². The van der Waals surface area contributed by atoms with Crippen LogP contribution in [-0.4, -0.2) is 24.1 Å². The molecule has 0 amide bonds. The second-order valence-corrected chi connectivity index (χ2v) is 5.57. The Labute approximate surface area is 112 Å². The Hall–Kier alpha value is -1.81. The highest BCUT2D eigenvalue weighted by atomic mass is 16.5. The fraction of sp³-hybridized carbons (Fsp3) is 0.400. The summed E-state index contributed by atoms with van der Waals surface area (Å²) in [5, 5.41) is 4.55. The summed E-state index contributed by atoms with van der Waals surface area (Å²) in [6.07, 6.45) is 0.662. The molecule has 1 aromatic heterocycles. The maximum absolute atomic E-state index is 11.8. The summed E-state index contributed by atoms with van der Waals surface area (Å²) in [5.74, 6) is -0.205. The van der Waals surface area contributed by atoms with Gasteiger partial charge in [0.15, 0.2) is 0 Å². The summed E-state index contributed by atoms with van der Waals surface area (Å²) < 4.78 is 4.88. The molecule has 4 heteroatoms. The van der Waals surface area contributed by atoms with Gasteiger partial charge in [0.1, 0.15) is 6.04 Å². The molecule has 1 aliphatic rings. The second kappa shape index (κ2) is 4.10. The number of hydrogen-bond donors (Lipinski definition) is 2. The van der Waals surface area contributed by atoms with Gasteiger partial charge in [0.2, 0.25) is 0 Å². The summed E-state index contributed by atoms with van der Waals surface area (Å²) >= 11 is 0. The maximum atomic E-state index is 11.8. The van der Waals surface area contributed by atoms with E-state index in [1.807, 2.05) is 12.1 Å². The Bertz CT molecular complexity index is 643. The molecule has 19 heavy (non-hydrogen) atoms. The zero-order valence-electron chi connectivity index (χ0n) is 11.4. The molecule has 100 valence electrons. The first-order chi connectivity index (χ1) is 9.03. The number of carbonyl (C=O) groups is 1. The number of hydrogen-bond acceptors (Lipinski definition) is 3. The van der Waals surface area contributed by atoms with E-state index in [-0.39, 0.29) is 17.6 Å².